The molecule has 0 spiro atoms. The van der Waals surface area contributed by atoms with Crippen molar-refractivity contribution in [2.45, 2.75) is 45.1 Å². The normalized spacial score (nSPS) is 15.4. The zero-order valence-electron chi connectivity index (χ0n) is 17.0. The molecule has 12 heteroatoms. The molecule has 0 aromatic rings. The van der Waals surface area contributed by atoms with E-state index in [2.05, 4.69) is 15.3 Å². The van der Waals surface area contributed by atoms with Crippen molar-refractivity contribution in [3.63, 3.8) is 0 Å². The zero-order valence-corrected chi connectivity index (χ0v) is 17.0. The lowest BCUT2D eigenvalue weighted by Crippen LogP contribution is -2.55. The van der Waals surface area contributed by atoms with Crippen LogP contribution in [0.4, 0.5) is 0 Å². The van der Waals surface area contributed by atoms with Crippen LogP contribution in [0.3, 0.4) is 0 Å². The van der Waals surface area contributed by atoms with E-state index in [1.165, 1.54) is 0 Å². The summed E-state index contributed by atoms with van der Waals surface area (Å²) >= 11 is 0. The van der Waals surface area contributed by atoms with Gasteiger partial charge in [0.2, 0.25) is 0 Å². The second kappa shape index (κ2) is 13.5. The number of piperazine rings is 1. The topological polar surface area (TPSA) is 169 Å². The van der Waals surface area contributed by atoms with Crippen molar-refractivity contribution in [2.75, 3.05) is 45.9 Å². The van der Waals surface area contributed by atoms with Gasteiger partial charge in [0.25, 0.3) is 5.91 Å². The first-order valence-corrected chi connectivity index (χ1v) is 9.96. The quantitative estimate of drug-likeness (QED) is 0.0858. The summed E-state index contributed by atoms with van der Waals surface area (Å²) in [4.78, 5) is 42.5. The van der Waals surface area contributed by atoms with Gasteiger partial charge in [-0.3, -0.25) is 19.5 Å². The summed E-state index contributed by atoms with van der Waals surface area (Å²) in [5, 5.41) is 10.1. The summed E-state index contributed by atoms with van der Waals surface area (Å²) in [6, 6.07) is -0.907. The van der Waals surface area contributed by atoms with Gasteiger partial charge >= 0.3 is 5.97 Å². The highest BCUT2D eigenvalue weighted by atomic mass is 16.7. The molecule has 12 nitrogen and oxygen atoms in total. The number of nitrogens with one attached hydrogen (secondary N) is 1. The molecule has 166 valence electrons. The van der Waals surface area contributed by atoms with Crippen LogP contribution in [0, 0.1) is 10.1 Å². The van der Waals surface area contributed by atoms with E-state index >= 15 is 0 Å². The van der Waals surface area contributed by atoms with Crippen LogP contribution in [-0.2, 0) is 14.3 Å². The monoisotopic (exact) mass is 415 g/mol. The Labute approximate surface area is 170 Å². The number of hydrazine groups is 1. The Morgan fingerprint density at radius 2 is 1.90 bits per heavy atom. The smallest absolute Gasteiger partial charge is 0.305 e. The summed E-state index contributed by atoms with van der Waals surface area (Å²) in [6.07, 6.45) is 2.78. The van der Waals surface area contributed by atoms with E-state index in [1.807, 2.05) is 0 Å². The highest BCUT2D eigenvalue weighted by molar-refractivity contribution is 5.81. The van der Waals surface area contributed by atoms with Crippen molar-refractivity contribution in [1.82, 2.24) is 15.2 Å². The summed E-state index contributed by atoms with van der Waals surface area (Å²) in [5.74, 6) is -0.506. The predicted molar refractivity (Wildman–Crippen MR) is 107 cm³/mol. The van der Waals surface area contributed by atoms with Crippen molar-refractivity contribution >= 4 is 17.8 Å². The molecular weight excluding hydrogens is 382 g/mol. The summed E-state index contributed by atoms with van der Waals surface area (Å²) < 4.78 is 4.90. The van der Waals surface area contributed by atoms with Crippen LogP contribution in [0.25, 0.3) is 0 Å². The van der Waals surface area contributed by atoms with Crippen LogP contribution in [0.15, 0.2) is 4.99 Å². The van der Waals surface area contributed by atoms with Gasteiger partial charge in [0.05, 0.1) is 6.61 Å². The molecule has 1 aliphatic heterocycles. The van der Waals surface area contributed by atoms with E-state index in [4.69, 9.17) is 16.2 Å². The summed E-state index contributed by atoms with van der Waals surface area (Å²) in [7, 11) is 0. The number of carbonyl (C=O) groups is 2. The van der Waals surface area contributed by atoms with Crippen LogP contribution < -0.4 is 16.9 Å². The lowest BCUT2D eigenvalue weighted by Gasteiger charge is -2.35. The van der Waals surface area contributed by atoms with Crippen LogP contribution in [0.5, 0.6) is 0 Å². The van der Waals surface area contributed by atoms with E-state index < -0.39 is 11.1 Å². The molecule has 0 bridgehead atoms. The molecule has 1 aliphatic rings. The fraction of sp³-hybridized carbons (Fsp3) is 0.824. The molecule has 1 fully saturated rings. The maximum absolute atomic E-state index is 12.7. The second-order valence-corrected chi connectivity index (χ2v) is 6.82. The summed E-state index contributed by atoms with van der Waals surface area (Å²) in [5.41, 5.74) is 12.6. The molecule has 0 unspecified atom stereocenters. The first-order chi connectivity index (χ1) is 13.8. The van der Waals surface area contributed by atoms with Crippen molar-refractivity contribution in [3.8, 4) is 0 Å². The number of esters is 1. The predicted octanol–water partition coefficient (Wildman–Crippen LogP) is -0.932. The Morgan fingerprint density at radius 1 is 1.21 bits per heavy atom. The maximum Gasteiger partial charge on any atom is 0.305 e. The lowest BCUT2D eigenvalue weighted by molar-refractivity contribution is -0.548. The van der Waals surface area contributed by atoms with Gasteiger partial charge < -0.3 is 21.1 Å². The second-order valence-electron chi connectivity index (χ2n) is 6.82. The number of nitrogens with zero attached hydrogens (tertiary/aromatic N) is 4. The van der Waals surface area contributed by atoms with Crippen molar-refractivity contribution in [1.29, 1.82) is 0 Å². The minimum atomic E-state index is -0.907. The number of rotatable bonds is 13. The fourth-order valence-electron chi connectivity index (χ4n) is 3.12. The van der Waals surface area contributed by atoms with E-state index in [-0.39, 0.29) is 24.3 Å². The number of hydrogen-bond acceptors (Lipinski definition) is 7. The molecule has 1 saturated heterocycles. The third-order valence-electron chi connectivity index (χ3n) is 4.60. The molecule has 1 rings (SSSR count). The molecule has 29 heavy (non-hydrogen) atoms. The molecule has 0 radical (unpaired) electrons. The largest absolute Gasteiger partial charge is 0.466 e. The average Bonchev–Trinajstić information content (AvgIpc) is 2.67. The van der Waals surface area contributed by atoms with Crippen molar-refractivity contribution < 1.29 is 19.4 Å². The Morgan fingerprint density at radius 3 is 2.48 bits per heavy atom. The molecule has 5 N–H and O–H groups in total. The molecule has 1 atom stereocenters. The number of hydrogen-bond donors (Lipinski definition) is 3. The number of nitrogens with two attached hydrogens (primary N) is 2. The van der Waals surface area contributed by atoms with Gasteiger partial charge in [-0.05, 0) is 39.2 Å². The fourth-order valence-corrected chi connectivity index (χ4v) is 3.12. The van der Waals surface area contributed by atoms with E-state index in [1.54, 1.807) is 11.8 Å². The zero-order chi connectivity index (χ0) is 21.6. The number of aliphatic imine (C=N–C) groups is 1. The van der Waals surface area contributed by atoms with Crippen molar-refractivity contribution in [3.05, 3.63) is 10.1 Å². The lowest BCUT2D eigenvalue weighted by atomic mass is 10.1. The minimum absolute atomic E-state index is 0.0477. The Hall–Kier alpha value is -2.63. The summed E-state index contributed by atoms with van der Waals surface area (Å²) in [6.45, 7) is 5.76. The van der Waals surface area contributed by atoms with Crippen LogP contribution in [0.2, 0.25) is 0 Å². The number of amides is 1. The Balaban J connectivity index is 2.37. The highest BCUT2D eigenvalue weighted by Gasteiger charge is 2.29. The Kier molecular flexibility index (Phi) is 11.4. The molecular formula is C17H33N7O5. The molecule has 0 saturated carbocycles. The standard InChI is InChI=1S/C17H33N7O5/c1-2-29-15(25)7-3-4-9-22-10-12-23(13-11-22)16(26)14(21-24(27)28)6-5-8-20-17(18)19/h14,21H,2-13H2,1H3,(H4,18,19,20)/t14-/m0/s1. The van der Waals surface area contributed by atoms with E-state index in [0.29, 0.717) is 52.2 Å². The molecule has 0 aliphatic carbocycles. The molecule has 0 aromatic carbocycles. The number of unbranched alkanes of at least 4 members (excludes halogenated alkanes) is 1. The van der Waals surface area contributed by atoms with Crippen LogP contribution in [0.1, 0.15) is 39.0 Å². The highest BCUT2D eigenvalue weighted by Crippen LogP contribution is 2.09. The Bertz CT molecular complexity index is 560. The van der Waals surface area contributed by atoms with Crippen LogP contribution >= 0.6 is 0 Å². The number of nitro groups is 1. The van der Waals surface area contributed by atoms with Gasteiger partial charge in [-0.15, -0.1) is 5.43 Å². The third kappa shape index (κ3) is 10.5. The van der Waals surface area contributed by atoms with Gasteiger partial charge in [0.1, 0.15) is 0 Å². The van der Waals surface area contributed by atoms with Crippen molar-refractivity contribution in [2.24, 2.45) is 16.5 Å². The first kappa shape index (κ1) is 24.4. The average molecular weight is 415 g/mol. The van der Waals surface area contributed by atoms with Gasteiger partial charge in [-0.25, -0.2) is 10.1 Å². The van der Waals surface area contributed by atoms with Gasteiger partial charge in [0.15, 0.2) is 17.0 Å². The number of carbonyl (C=O) groups excluding carboxylic acids is 2. The molecule has 0 aromatic heterocycles. The SMILES string of the molecule is CCOC(=O)CCCCN1CCN(C(=O)[C@H](CCCN=C(N)N)N[N+](=O)[O-])CC1. The van der Waals surface area contributed by atoms with Gasteiger partial charge in [-0.1, -0.05) is 0 Å². The van der Waals surface area contributed by atoms with Crippen LogP contribution in [-0.4, -0.2) is 84.6 Å². The number of guanidine groups is 1. The minimum Gasteiger partial charge on any atom is -0.466 e. The number of ether oxygens (including phenoxy) is 1. The molecule has 1 heterocycles. The van der Waals surface area contributed by atoms with E-state index in [9.17, 15) is 19.7 Å². The van der Waals surface area contributed by atoms with E-state index in [0.717, 1.165) is 19.4 Å². The maximum atomic E-state index is 12.7. The van der Waals surface area contributed by atoms with Gasteiger partial charge in [0, 0.05) is 39.1 Å². The molecule has 1 amide bonds. The third-order valence-corrected chi connectivity index (χ3v) is 4.60. The van der Waals surface area contributed by atoms with Gasteiger partial charge in [-0.2, -0.15) is 0 Å². The first-order valence-electron chi connectivity index (χ1n) is 9.96.